The highest BCUT2D eigenvalue weighted by Crippen LogP contribution is 2.12. The summed E-state index contributed by atoms with van der Waals surface area (Å²) < 4.78 is 16.4. The Kier molecular flexibility index (Phi) is 10.1. The minimum atomic E-state index is -0.0500. The van der Waals surface area contributed by atoms with E-state index in [-0.39, 0.29) is 36.0 Å². The summed E-state index contributed by atoms with van der Waals surface area (Å²) in [6.45, 7) is 5.91. The van der Waals surface area contributed by atoms with Gasteiger partial charge in [0.2, 0.25) is 0 Å². The molecule has 1 amide bonds. The number of halogens is 1. The van der Waals surface area contributed by atoms with E-state index < -0.39 is 0 Å². The average molecular weight is 506 g/mol. The topological polar surface area (TPSA) is 79.5 Å². The van der Waals surface area contributed by atoms with Crippen LogP contribution < -0.4 is 5.32 Å². The fourth-order valence-electron chi connectivity index (χ4n) is 3.37. The van der Waals surface area contributed by atoms with Crippen molar-refractivity contribution in [3.8, 4) is 0 Å². The van der Waals surface area contributed by atoms with Gasteiger partial charge in [-0.1, -0.05) is 0 Å². The van der Waals surface area contributed by atoms with Crippen molar-refractivity contribution in [2.24, 2.45) is 4.99 Å². The largest absolute Gasteiger partial charge is 0.459 e. The summed E-state index contributed by atoms with van der Waals surface area (Å²) in [6, 6.07) is 3.44. The second kappa shape index (κ2) is 12.3. The van der Waals surface area contributed by atoms with Crippen LogP contribution in [-0.4, -0.2) is 87.4 Å². The molecule has 1 atom stereocenters. The smallest absolute Gasteiger partial charge is 0.289 e. The fraction of sp³-hybridized carbons (Fsp3) is 0.684. The number of carbonyl (C=O) groups is 1. The van der Waals surface area contributed by atoms with Crippen molar-refractivity contribution in [1.29, 1.82) is 0 Å². The Morgan fingerprint density at radius 1 is 1.32 bits per heavy atom. The Balaban J connectivity index is 0.00000280. The Hall–Kier alpha value is -1.33. The van der Waals surface area contributed by atoms with Crippen LogP contribution in [0.25, 0.3) is 0 Å². The maximum Gasteiger partial charge on any atom is 0.289 e. The standard InChI is InChI=1S/C19H30N4O4.HI/c1-20-19(21-7-4-12-25-15-16-5-2-13-26-16)23-10-8-22(9-11-23)18(24)17-6-3-14-27-17;/h3,6,14,16H,2,4-5,7-13,15H2,1H3,(H,20,21);1H. The monoisotopic (exact) mass is 506 g/mol. The summed E-state index contributed by atoms with van der Waals surface area (Å²) in [6.07, 6.45) is 4.99. The van der Waals surface area contributed by atoms with E-state index in [0.29, 0.717) is 25.5 Å². The van der Waals surface area contributed by atoms with Crippen molar-refractivity contribution in [3.63, 3.8) is 0 Å². The van der Waals surface area contributed by atoms with Gasteiger partial charge in [-0.15, -0.1) is 24.0 Å². The number of aliphatic imine (C=N–C) groups is 1. The van der Waals surface area contributed by atoms with Crippen molar-refractivity contribution < 1.29 is 18.7 Å². The molecular weight excluding hydrogens is 475 g/mol. The third-order valence-corrected chi connectivity index (χ3v) is 4.89. The third kappa shape index (κ3) is 6.63. The minimum absolute atomic E-state index is 0. The van der Waals surface area contributed by atoms with Crippen molar-refractivity contribution >= 4 is 35.8 Å². The van der Waals surface area contributed by atoms with E-state index in [9.17, 15) is 4.79 Å². The molecule has 0 aliphatic carbocycles. The predicted molar refractivity (Wildman–Crippen MR) is 117 cm³/mol. The number of nitrogens with zero attached hydrogens (tertiary/aromatic N) is 3. The molecule has 2 aliphatic heterocycles. The lowest BCUT2D eigenvalue weighted by molar-refractivity contribution is 0.0168. The second-order valence-corrected chi connectivity index (χ2v) is 6.79. The lowest BCUT2D eigenvalue weighted by Crippen LogP contribution is -2.53. The number of ether oxygens (including phenoxy) is 2. The number of rotatable bonds is 7. The first-order valence-electron chi connectivity index (χ1n) is 9.75. The molecule has 1 aromatic heterocycles. The van der Waals surface area contributed by atoms with Crippen molar-refractivity contribution in [3.05, 3.63) is 24.2 Å². The highest BCUT2D eigenvalue weighted by Gasteiger charge is 2.25. The van der Waals surface area contributed by atoms with Gasteiger partial charge in [0.25, 0.3) is 5.91 Å². The molecule has 0 aromatic carbocycles. The van der Waals surface area contributed by atoms with Gasteiger partial charge in [0.15, 0.2) is 11.7 Å². The number of hydrogen-bond acceptors (Lipinski definition) is 5. The van der Waals surface area contributed by atoms with Gasteiger partial charge in [0, 0.05) is 53.0 Å². The highest BCUT2D eigenvalue weighted by molar-refractivity contribution is 14.0. The molecule has 0 bridgehead atoms. The minimum Gasteiger partial charge on any atom is -0.459 e. The molecule has 2 saturated heterocycles. The SMILES string of the molecule is CN=C(NCCCOCC1CCCO1)N1CCN(C(=O)c2ccco2)CC1.I. The number of hydrogen-bond donors (Lipinski definition) is 1. The summed E-state index contributed by atoms with van der Waals surface area (Å²) >= 11 is 0. The Morgan fingerprint density at radius 2 is 2.11 bits per heavy atom. The lowest BCUT2D eigenvalue weighted by atomic mass is 10.2. The molecule has 1 N–H and O–H groups in total. The molecule has 1 unspecified atom stereocenters. The van der Waals surface area contributed by atoms with Gasteiger partial charge in [-0.3, -0.25) is 9.79 Å². The molecule has 0 spiro atoms. The van der Waals surface area contributed by atoms with Crippen LogP contribution >= 0.6 is 24.0 Å². The zero-order valence-corrected chi connectivity index (χ0v) is 18.8. The normalized spacial score (nSPS) is 20.2. The van der Waals surface area contributed by atoms with Gasteiger partial charge >= 0.3 is 0 Å². The molecule has 28 heavy (non-hydrogen) atoms. The van der Waals surface area contributed by atoms with Crippen LogP contribution in [-0.2, 0) is 9.47 Å². The van der Waals surface area contributed by atoms with Gasteiger partial charge in [-0.2, -0.15) is 0 Å². The molecule has 3 rings (SSSR count). The van der Waals surface area contributed by atoms with Crippen LogP contribution in [0.2, 0.25) is 0 Å². The van der Waals surface area contributed by atoms with Crippen LogP contribution in [0.15, 0.2) is 27.8 Å². The van der Waals surface area contributed by atoms with E-state index in [1.165, 1.54) is 6.26 Å². The molecule has 3 heterocycles. The van der Waals surface area contributed by atoms with Gasteiger partial charge < -0.3 is 29.0 Å². The number of furan rings is 1. The second-order valence-electron chi connectivity index (χ2n) is 6.79. The van der Waals surface area contributed by atoms with Crippen molar-refractivity contribution in [2.45, 2.75) is 25.4 Å². The molecule has 8 nitrogen and oxygen atoms in total. The summed E-state index contributed by atoms with van der Waals surface area (Å²) in [5.41, 5.74) is 0. The van der Waals surface area contributed by atoms with E-state index in [2.05, 4.69) is 15.2 Å². The predicted octanol–water partition coefficient (Wildman–Crippen LogP) is 1.82. The lowest BCUT2D eigenvalue weighted by Gasteiger charge is -2.36. The Bertz CT molecular complexity index is 597. The van der Waals surface area contributed by atoms with Gasteiger partial charge in [-0.25, -0.2) is 0 Å². The Labute approximate surface area is 183 Å². The highest BCUT2D eigenvalue weighted by atomic mass is 127. The van der Waals surface area contributed by atoms with Crippen molar-refractivity contribution in [1.82, 2.24) is 15.1 Å². The molecular formula is C19H31IN4O4. The number of piperazine rings is 1. The van der Waals surface area contributed by atoms with Crippen LogP contribution in [0.5, 0.6) is 0 Å². The van der Waals surface area contributed by atoms with Gasteiger partial charge in [-0.05, 0) is 31.4 Å². The molecule has 0 saturated carbocycles. The maximum atomic E-state index is 12.3. The molecule has 1 aromatic rings. The molecule has 158 valence electrons. The maximum absolute atomic E-state index is 12.3. The van der Waals surface area contributed by atoms with Crippen LogP contribution in [0.4, 0.5) is 0 Å². The molecule has 9 heteroatoms. The quantitative estimate of drug-likeness (QED) is 0.263. The number of carbonyl (C=O) groups excluding carboxylic acids is 1. The summed E-state index contributed by atoms with van der Waals surface area (Å²) in [4.78, 5) is 20.7. The number of nitrogens with one attached hydrogen (secondary N) is 1. The summed E-state index contributed by atoms with van der Waals surface area (Å²) in [5.74, 6) is 1.22. The van der Waals surface area contributed by atoms with Crippen molar-refractivity contribution in [2.75, 3.05) is 59.6 Å². The van der Waals surface area contributed by atoms with Gasteiger partial charge in [0.1, 0.15) is 0 Å². The molecule has 2 fully saturated rings. The molecule has 0 radical (unpaired) electrons. The van der Waals surface area contributed by atoms with Crippen LogP contribution in [0, 0.1) is 0 Å². The first kappa shape index (κ1) is 23.0. The zero-order chi connectivity index (χ0) is 18.9. The summed E-state index contributed by atoms with van der Waals surface area (Å²) in [5, 5.41) is 3.38. The van der Waals surface area contributed by atoms with Crippen LogP contribution in [0.1, 0.15) is 29.8 Å². The first-order chi connectivity index (χ1) is 13.3. The first-order valence-corrected chi connectivity index (χ1v) is 9.75. The van der Waals surface area contributed by atoms with E-state index in [0.717, 1.165) is 58.1 Å². The number of amides is 1. The van der Waals surface area contributed by atoms with E-state index in [4.69, 9.17) is 13.9 Å². The van der Waals surface area contributed by atoms with E-state index in [1.807, 2.05) is 4.90 Å². The average Bonchev–Trinajstić information content (AvgIpc) is 3.41. The zero-order valence-electron chi connectivity index (χ0n) is 16.5. The number of guanidine groups is 1. The van der Waals surface area contributed by atoms with E-state index >= 15 is 0 Å². The summed E-state index contributed by atoms with van der Waals surface area (Å²) in [7, 11) is 1.79. The molecule has 2 aliphatic rings. The van der Waals surface area contributed by atoms with Gasteiger partial charge in [0.05, 0.1) is 19.0 Å². The van der Waals surface area contributed by atoms with Crippen LogP contribution in [0.3, 0.4) is 0 Å². The fourth-order valence-corrected chi connectivity index (χ4v) is 3.37. The third-order valence-electron chi connectivity index (χ3n) is 4.89. The Morgan fingerprint density at radius 3 is 2.75 bits per heavy atom. The van der Waals surface area contributed by atoms with E-state index in [1.54, 1.807) is 19.2 Å².